The highest BCUT2D eigenvalue weighted by atomic mass is 16.5. The quantitative estimate of drug-likeness (QED) is 0.292. The molecule has 0 aliphatic rings. The van der Waals surface area contributed by atoms with Gasteiger partial charge in [-0.05, 0) is 50.1 Å². The average molecular weight is 427 g/mol. The summed E-state index contributed by atoms with van der Waals surface area (Å²) in [5.41, 5.74) is 3.88. The molecule has 0 saturated carbocycles. The molecular formula is C24H34N4O3. The standard InChI is InChI=1S/C24H34N4O3/c1-5-25-23(29)20-11-8-19(9-12-20)16-27-24(26-6-2)28-17-21-10-7-18(3)15-22(21)31-14-13-30-4/h7-12,15H,5-6,13-14,16-17H2,1-4H3,(H,25,29)(H2,26,27,28). The van der Waals surface area contributed by atoms with Crippen LogP contribution in [0.25, 0.3) is 0 Å². The Morgan fingerprint density at radius 1 is 0.968 bits per heavy atom. The lowest BCUT2D eigenvalue weighted by molar-refractivity contribution is 0.0956. The van der Waals surface area contributed by atoms with E-state index in [0.717, 1.165) is 34.9 Å². The van der Waals surface area contributed by atoms with E-state index in [0.29, 0.717) is 38.4 Å². The Hall–Kier alpha value is -3.06. The summed E-state index contributed by atoms with van der Waals surface area (Å²) in [4.78, 5) is 16.5. The maximum atomic E-state index is 11.9. The highest BCUT2D eigenvalue weighted by Gasteiger charge is 2.07. The number of amides is 1. The predicted molar refractivity (Wildman–Crippen MR) is 125 cm³/mol. The Bertz CT molecular complexity index is 850. The number of methoxy groups -OCH3 is 1. The second-order valence-corrected chi connectivity index (χ2v) is 7.06. The Morgan fingerprint density at radius 2 is 1.71 bits per heavy atom. The van der Waals surface area contributed by atoms with E-state index in [-0.39, 0.29) is 5.91 Å². The van der Waals surface area contributed by atoms with Gasteiger partial charge in [0, 0.05) is 37.9 Å². The summed E-state index contributed by atoms with van der Waals surface area (Å²) in [7, 11) is 1.66. The van der Waals surface area contributed by atoms with Gasteiger partial charge in [-0.25, -0.2) is 4.99 Å². The summed E-state index contributed by atoms with van der Waals surface area (Å²) in [6.07, 6.45) is 0. The maximum absolute atomic E-state index is 11.9. The molecule has 0 unspecified atom stereocenters. The number of nitrogens with zero attached hydrogens (tertiary/aromatic N) is 1. The minimum atomic E-state index is -0.0609. The molecule has 7 heteroatoms. The normalized spacial score (nSPS) is 11.2. The molecule has 0 saturated heterocycles. The number of rotatable bonds is 11. The van der Waals surface area contributed by atoms with Gasteiger partial charge in [-0.15, -0.1) is 0 Å². The van der Waals surface area contributed by atoms with E-state index in [9.17, 15) is 4.79 Å². The number of ether oxygens (including phenoxy) is 2. The molecule has 0 atom stereocenters. The zero-order chi connectivity index (χ0) is 22.5. The van der Waals surface area contributed by atoms with E-state index in [4.69, 9.17) is 9.47 Å². The molecule has 1 amide bonds. The van der Waals surface area contributed by atoms with Crippen molar-refractivity contribution >= 4 is 11.9 Å². The maximum Gasteiger partial charge on any atom is 0.251 e. The summed E-state index contributed by atoms with van der Waals surface area (Å²) in [5.74, 6) is 1.51. The van der Waals surface area contributed by atoms with Crippen LogP contribution in [0.4, 0.5) is 0 Å². The van der Waals surface area contributed by atoms with Crippen molar-refractivity contribution < 1.29 is 14.3 Å². The van der Waals surface area contributed by atoms with Crippen molar-refractivity contribution in [3.05, 3.63) is 64.7 Å². The van der Waals surface area contributed by atoms with E-state index < -0.39 is 0 Å². The number of nitrogens with one attached hydrogen (secondary N) is 3. The van der Waals surface area contributed by atoms with Crippen molar-refractivity contribution in [1.29, 1.82) is 0 Å². The SMILES string of the molecule is CCNC(=O)c1ccc(CN=C(NCC)NCc2ccc(C)cc2OCCOC)cc1. The van der Waals surface area contributed by atoms with Crippen LogP contribution in [0.15, 0.2) is 47.5 Å². The Labute approximate surface area is 185 Å². The van der Waals surface area contributed by atoms with E-state index in [2.05, 4.69) is 33.1 Å². The molecule has 168 valence electrons. The average Bonchev–Trinajstić information content (AvgIpc) is 2.77. The summed E-state index contributed by atoms with van der Waals surface area (Å²) in [5, 5.41) is 9.43. The molecular weight excluding hydrogens is 392 g/mol. The minimum absolute atomic E-state index is 0.0609. The van der Waals surface area contributed by atoms with Crippen LogP contribution in [0, 0.1) is 6.92 Å². The number of aliphatic imine (C=N–C) groups is 1. The zero-order valence-corrected chi connectivity index (χ0v) is 19.0. The Morgan fingerprint density at radius 3 is 2.39 bits per heavy atom. The van der Waals surface area contributed by atoms with Crippen LogP contribution >= 0.6 is 0 Å². The highest BCUT2D eigenvalue weighted by molar-refractivity contribution is 5.94. The molecule has 0 radical (unpaired) electrons. The molecule has 2 rings (SSSR count). The largest absolute Gasteiger partial charge is 0.491 e. The lowest BCUT2D eigenvalue weighted by Crippen LogP contribution is -2.36. The first kappa shape index (κ1) is 24.2. The van der Waals surface area contributed by atoms with Crippen molar-refractivity contribution in [3.8, 4) is 5.75 Å². The van der Waals surface area contributed by atoms with Gasteiger partial charge < -0.3 is 25.4 Å². The van der Waals surface area contributed by atoms with Gasteiger partial charge in [-0.1, -0.05) is 24.3 Å². The van der Waals surface area contributed by atoms with Crippen LogP contribution in [-0.2, 0) is 17.8 Å². The number of carbonyl (C=O) groups is 1. The van der Waals surface area contributed by atoms with Crippen molar-refractivity contribution in [2.75, 3.05) is 33.4 Å². The van der Waals surface area contributed by atoms with Crippen molar-refractivity contribution in [2.45, 2.75) is 33.9 Å². The lowest BCUT2D eigenvalue weighted by atomic mass is 10.1. The summed E-state index contributed by atoms with van der Waals surface area (Å²) >= 11 is 0. The first-order chi connectivity index (χ1) is 15.1. The van der Waals surface area contributed by atoms with Gasteiger partial charge >= 0.3 is 0 Å². The minimum Gasteiger partial charge on any atom is -0.491 e. The third-order valence-corrected chi connectivity index (χ3v) is 4.53. The molecule has 0 bridgehead atoms. The van der Waals surface area contributed by atoms with E-state index in [1.807, 2.05) is 51.1 Å². The molecule has 0 fully saturated rings. The second-order valence-electron chi connectivity index (χ2n) is 7.06. The fourth-order valence-electron chi connectivity index (χ4n) is 2.89. The fraction of sp³-hybridized carbons (Fsp3) is 0.417. The molecule has 0 aromatic heterocycles. The molecule has 7 nitrogen and oxygen atoms in total. The molecule has 3 N–H and O–H groups in total. The monoisotopic (exact) mass is 426 g/mol. The van der Waals surface area contributed by atoms with Crippen LogP contribution < -0.4 is 20.7 Å². The number of guanidine groups is 1. The molecule has 0 heterocycles. The predicted octanol–water partition coefficient (Wildman–Crippen LogP) is 3.03. The van der Waals surface area contributed by atoms with E-state index in [1.54, 1.807) is 7.11 Å². The highest BCUT2D eigenvalue weighted by Crippen LogP contribution is 2.20. The molecule has 0 aliphatic carbocycles. The van der Waals surface area contributed by atoms with Gasteiger partial charge in [0.15, 0.2) is 5.96 Å². The fourth-order valence-corrected chi connectivity index (χ4v) is 2.89. The van der Waals surface area contributed by atoms with Crippen LogP contribution in [0.3, 0.4) is 0 Å². The summed E-state index contributed by atoms with van der Waals surface area (Å²) < 4.78 is 10.9. The molecule has 0 spiro atoms. The number of hydrogen-bond donors (Lipinski definition) is 3. The Kier molecular flexibility index (Phi) is 10.4. The molecule has 0 aliphatic heterocycles. The first-order valence-electron chi connectivity index (χ1n) is 10.7. The van der Waals surface area contributed by atoms with Crippen molar-refractivity contribution in [1.82, 2.24) is 16.0 Å². The summed E-state index contributed by atoms with van der Waals surface area (Å²) in [6.45, 7) is 9.50. The second kappa shape index (κ2) is 13.3. The van der Waals surface area contributed by atoms with E-state index in [1.165, 1.54) is 0 Å². The first-order valence-corrected chi connectivity index (χ1v) is 10.7. The number of benzene rings is 2. The van der Waals surface area contributed by atoms with Crippen LogP contribution in [0.2, 0.25) is 0 Å². The topological polar surface area (TPSA) is 84.0 Å². The van der Waals surface area contributed by atoms with Gasteiger partial charge in [0.1, 0.15) is 12.4 Å². The van der Waals surface area contributed by atoms with Crippen molar-refractivity contribution in [3.63, 3.8) is 0 Å². The third-order valence-electron chi connectivity index (χ3n) is 4.53. The van der Waals surface area contributed by atoms with Crippen LogP contribution in [0.5, 0.6) is 5.75 Å². The van der Waals surface area contributed by atoms with Gasteiger partial charge in [0.25, 0.3) is 5.91 Å². The third kappa shape index (κ3) is 8.30. The van der Waals surface area contributed by atoms with Gasteiger partial charge in [-0.3, -0.25) is 4.79 Å². The lowest BCUT2D eigenvalue weighted by Gasteiger charge is -2.15. The number of hydrogen-bond acceptors (Lipinski definition) is 4. The smallest absolute Gasteiger partial charge is 0.251 e. The van der Waals surface area contributed by atoms with Crippen molar-refractivity contribution in [2.24, 2.45) is 4.99 Å². The Balaban J connectivity index is 2.01. The van der Waals surface area contributed by atoms with Crippen LogP contribution in [0.1, 0.15) is 40.9 Å². The zero-order valence-electron chi connectivity index (χ0n) is 19.0. The van der Waals surface area contributed by atoms with Crippen LogP contribution in [-0.4, -0.2) is 45.3 Å². The van der Waals surface area contributed by atoms with E-state index >= 15 is 0 Å². The molecule has 2 aromatic carbocycles. The van der Waals surface area contributed by atoms with Gasteiger partial charge in [0.05, 0.1) is 13.2 Å². The number of aryl methyl sites for hydroxylation is 1. The van der Waals surface area contributed by atoms with Gasteiger partial charge in [-0.2, -0.15) is 0 Å². The van der Waals surface area contributed by atoms with Gasteiger partial charge in [0.2, 0.25) is 0 Å². The molecule has 31 heavy (non-hydrogen) atoms. The molecule has 2 aromatic rings. The summed E-state index contributed by atoms with van der Waals surface area (Å²) in [6, 6.07) is 13.7. The number of carbonyl (C=O) groups excluding carboxylic acids is 1.